The second-order valence-electron chi connectivity index (χ2n) is 12.7. The molecule has 6 nitrogen and oxygen atoms in total. The van der Waals surface area contributed by atoms with Gasteiger partial charge in [-0.15, -0.1) is 0 Å². The molecule has 10 rings (SSSR count). The third-order valence-corrected chi connectivity index (χ3v) is 9.74. The lowest BCUT2D eigenvalue weighted by Crippen LogP contribution is -2.24. The molecule has 0 N–H and O–H groups in total. The Hall–Kier alpha value is -6.14. The summed E-state index contributed by atoms with van der Waals surface area (Å²) >= 11 is 0. The van der Waals surface area contributed by atoms with E-state index in [-0.39, 0.29) is 5.41 Å². The van der Waals surface area contributed by atoms with E-state index >= 15 is 0 Å². The first-order valence-corrected chi connectivity index (χ1v) is 15.8. The zero-order chi connectivity index (χ0) is 31.3. The molecule has 5 aromatic carbocycles. The molecule has 0 atom stereocenters. The molecule has 6 heteroatoms. The average Bonchev–Trinajstić information content (AvgIpc) is 3.73. The number of benzene rings is 5. The number of imidazole rings is 1. The maximum atomic E-state index is 6.74. The molecule has 0 radical (unpaired) electrons. The highest BCUT2D eigenvalue weighted by molar-refractivity contribution is 6.14. The Kier molecular flexibility index (Phi) is 5.24. The summed E-state index contributed by atoms with van der Waals surface area (Å²) in [5.74, 6) is 4.10. The summed E-state index contributed by atoms with van der Waals surface area (Å²) in [6.45, 7) is 4.54. The fourth-order valence-corrected chi connectivity index (χ4v) is 7.53. The lowest BCUT2D eigenvalue weighted by molar-refractivity contribution is 0.423. The van der Waals surface area contributed by atoms with Gasteiger partial charge in [0.2, 0.25) is 0 Å². The van der Waals surface area contributed by atoms with Gasteiger partial charge in [-0.3, -0.25) is 8.97 Å². The Morgan fingerprint density at radius 3 is 2.32 bits per heavy atom. The Morgan fingerprint density at radius 2 is 1.43 bits per heavy atom. The van der Waals surface area contributed by atoms with Crippen LogP contribution in [0.1, 0.15) is 25.0 Å². The van der Waals surface area contributed by atoms with Crippen LogP contribution in [0.5, 0.6) is 23.0 Å². The van der Waals surface area contributed by atoms with Gasteiger partial charge >= 0.3 is 0 Å². The molecule has 0 spiro atoms. The van der Waals surface area contributed by atoms with Crippen molar-refractivity contribution in [3.05, 3.63) is 145 Å². The van der Waals surface area contributed by atoms with Crippen molar-refractivity contribution in [2.45, 2.75) is 19.3 Å². The molecule has 9 aromatic rings. The molecule has 1 aliphatic heterocycles. The molecule has 5 heterocycles. The quantitative estimate of drug-likeness (QED) is 0.187. The number of hydrogen-bond acceptors (Lipinski definition) is 4. The zero-order valence-electron chi connectivity index (χ0n) is 25.8. The minimum absolute atomic E-state index is 0.220. The van der Waals surface area contributed by atoms with Gasteiger partial charge in [-0.05, 0) is 66.0 Å². The maximum absolute atomic E-state index is 6.74. The standard InChI is InChI=1S/C41H28N4O2/c1-41(2)31-10-4-6-12-36(31)47-39-32(41)18-19-34-38(39)29-17-15-26(24-35(29)45(34)37-13-7-8-20-42-37)46-25-14-16-27-28-9-3-5-11-33(28)44-22-21-43-40(44)30(27)23-25/h3-24H,1-2H3. The van der Waals surface area contributed by atoms with Crippen LogP contribution in [0.4, 0.5) is 0 Å². The van der Waals surface area contributed by atoms with E-state index in [1.807, 2.05) is 55.0 Å². The van der Waals surface area contributed by atoms with Gasteiger partial charge in [0.25, 0.3) is 0 Å². The second-order valence-corrected chi connectivity index (χ2v) is 12.7. The maximum Gasteiger partial charge on any atom is 0.145 e. The lowest BCUT2D eigenvalue weighted by atomic mass is 9.75. The number of nitrogens with zero attached hydrogens (tertiary/aromatic N) is 4. The van der Waals surface area contributed by atoms with Gasteiger partial charge in [0.15, 0.2) is 0 Å². The second kappa shape index (κ2) is 9.44. The van der Waals surface area contributed by atoms with Crippen molar-refractivity contribution in [2.24, 2.45) is 0 Å². The molecule has 0 bridgehead atoms. The molecule has 47 heavy (non-hydrogen) atoms. The third-order valence-electron chi connectivity index (χ3n) is 9.74. The molecule has 0 unspecified atom stereocenters. The predicted molar refractivity (Wildman–Crippen MR) is 187 cm³/mol. The fraction of sp³-hybridized carbons (Fsp3) is 0.0732. The predicted octanol–water partition coefficient (Wildman–Crippen LogP) is 10.4. The number of aromatic nitrogens is 4. The van der Waals surface area contributed by atoms with Gasteiger partial charge in [-0.2, -0.15) is 0 Å². The number of pyridine rings is 2. The molecule has 0 amide bonds. The zero-order valence-corrected chi connectivity index (χ0v) is 25.8. The Bertz CT molecular complexity index is 2720. The molecule has 0 fully saturated rings. The highest BCUT2D eigenvalue weighted by Gasteiger charge is 2.36. The van der Waals surface area contributed by atoms with Crippen molar-refractivity contribution in [3.8, 4) is 28.8 Å². The van der Waals surface area contributed by atoms with Crippen LogP contribution in [0.2, 0.25) is 0 Å². The van der Waals surface area contributed by atoms with Crippen LogP contribution in [-0.2, 0) is 5.41 Å². The van der Waals surface area contributed by atoms with Crippen LogP contribution in [0, 0.1) is 0 Å². The van der Waals surface area contributed by atoms with Gasteiger partial charge in [0.05, 0.1) is 21.9 Å². The highest BCUT2D eigenvalue weighted by atomic mass is 16.5. The van der Waals surface area contributed by atoms with Gasteiger partial charge in [-0.25, -0.2) is 9.97 Å². The van der Waals surface area contributed by atoms with Crippen LogP contribution in [0.3, 0.4) is 0 Å². The summed E-state index contributed by atoms with van der Waals surface area (Å²) < 4.78 is 17.7. The SMILES string of the molecule is CC1(C)c2ccccc2Oc2c1ccc1c2c2ccc(Oc3ccc4c5ccccc5n5ccnc5c4c3)cc2n1-c1ccccn1. The van der Waals surface area contributed by atoms with Gasteiger partial charge < -0.3 is 9.47 Å². The molecular weight excluding hydrogens is 580 g/mol. The lowest BCUT2D eigenvalue weighted by Gasteiger charge is -2.34. The van der Waals surface area contributed by atoms with Crippen molar-refractivity contribution in [2.75, 3.05) is 0 Å². The van der Waals surface area contributed by atoms with Gasteiger partial charge in [0.1, 0.15) is 34.5 Å². The van der Waals surface area contributed by atoms with Crippen molar-refractivity contribution in [3.63, 3.8) is 0 Å². The van der Waals surface area contributed by atoms with Crippen LogP contribution in [0.25, 0.3) is 54.9 Å². The first-order chi connectivity index (χ1) is 23.1. The van der Waals surface area contributed by atoms with Crippen molar-refractivity contribution in [1.29, 1.82) is 0 Å². The molecular formula is C41H28N4O2. The van der Waals surface area contributed by atoms with E-state index in [2.05, 4.69) is 102 Å². The number of fused-ring (bicyclic) bond motifs is 12. The first-order valence-electron chi connectivity index (χ1n) is 15.8. The van der Waals surface area contributed by atoms with E-state index < -0.39 is 0 Å². The summed E-state index contributed by atoms with van der Waals surface area (Å²) in [6.07, 6.45) is 5.69. The molecule has 4 aromatic heterocycles. The monoisotopic (exact) mass is 608 g/mol. The van der Waals surface area contributed by atoms with Crippen molar-refractivity contribution >= 4 is 49.1 Å². The summed E-state index contributed by atoms with van der Waals surface area (Å²) in [7, 11) is 0. The molecule has 224 valence electrons. The van der Waals surface area contributed by atoms with Crippen LogP contribution in [0.15, 0.2) is 134 Å². The third kappa shape index (κ3) is 3.66. The van der Waals surface area contributed by atoms with Crippen LogP contribution < -0.4 is 9.47 Å². The topological polar surface area (TPSA) is 53.6 Å². The van der Waals surface area contributed by atoms with E-state index in [1.54, 1.807) is 0 Å². The van der Waals surface area contributed by atoms with E-state index in [1.165, 1.54) is 10.9 Å². The minimum Gasteiger partial charge on any atom is -0.457 e. The van der Waals surface area contributed by atoms with Gasteiger partial charge in [-0.1, -0.05) is 62.4 Å². The van der Waals surface area contributed by atoms with Crippen molar-refractivity contribution < 1.29 is 9.47 Å². The first kappa shape index (κ1) is 26.1. The van der Waals surface area contributed by atoms with Crippen molar-refractivity contribution in [1.82, 2.24) is 18.9 Å². The Labute approximate surface area is 270 Å². The van der Waals surface area contributed by atoms with Crippen LogP contribution >= 0.6 is 0 Å². The van der Waals surface area contributed by atoms with Crippen LogP contribution in [-0.4, -0.2) is 18.9 Å². The molecule has 0 aliphatic carbocycles. The smallest absolute Gasteiger partial charge is 0.145 e. The number of rotatable bonds is 3. The molecule has 0 saturated carbocycles. The summed E-state index contributed by atoms with van der Waals surface area (Å²) in [4.78, 5) is 9.47. The summed E-state index contributed by atoms with van der Waals surface area (Å²) in [6, 6.07) is 39.7. The number of ether oxygens (including phenoxy) is 2. The number of hydrogen-bond donors (Lipinski definition) is 0. The summed E-state index contributed by atoms with van der Waals surface area (Å²) in [5, 5.41) is 5.51. The minimum atomic E-state index is -0.220. The Morgan fingerprint density at radius 1 is 0.617 bits per heavy atom. The fourth-order valence-electron chi connectivity index (χ4n) is 7.53. The van der Waals surface area contributed by atoms with E-state index in [4.69, 9.17) is 19.4 Å². The highest BCUT2D eigenvalue weighted by Crippen LogP contribution is 2.52. The average molecular weight is 609 g/mol. The largest absolute Gasteiger partial charge is 0.457 e. The van der Waals surface area contributed by atoms with E-state index in [0.29, 0.717) is 0 Å². The molecule has 1 aliphatic rings. The van der Waals surface area contributed by atoms with Gasteiger partial charge in [0, 0.05) is 57.4 Å². The van der Waals surface area contributed by atoms with E-state index in [0.717, 1.165) is 78.1 Å². The normalized spacial score (nSPS) is 13.7. The summed E-state index contributed by atoms with van der Waals surface area (Å²) in [5.41, 5.74) is 6.19. The number of para-hydroxylation sites is 2. The Balaban J connectivity index is 1.17. The van der Waals surface area contributed by atoms with E-state index in [9.17, 15) is 0 Å². The molecule has 0 saturated heterocycles.